The van der Waals surface area contributed by atoms with Crippen LogP contribution in [0.4, 0.5) is 14.5 Å². The van der Waals surface area contributed by atoms with Crippen LogP contribution in [0.2, 0.25) is 0 Å². The molecule has 0 radical (unpaired) electrons. The average molecular weight is 421 g/mol. The Labute approximate surface area is 136 Å². The van der Waals surface area contributed by atoms with Gasteiger partial charge in [0.15, 0.2) is 11.5 Å². The molecule has 0 atom stereocenters. The van der Waals surface area contributed by atoms with Gasteiger partial charge in [-0.15, -0.1) is 8.78 Å². The van der Waals surface area contributed by atoms with Gasteiger partial charge in [0.2, 0.25) is 0 Å². The van der Waals surface area contributed by atoms with Gasteiger partial charge in [0, 0.05) is 27.2 Å². The first-order valence-electron chi connectivity index (χ1n) is 6.01. The summed E-state index contributed by atoms with van der Waals surface area (Å²) in [6.07, 6.45) is -3.59. The predicted molar refractivity (Wildman–Crippen MR) is 81.8 cm³/mol. The quantitative estimate of drug-likeness (QED) is 0.745. The summed E-state index contributed by atoms with van der Waals surface area (Å²) < 4.78 is 36.5. The van der Waals surface area contributed by atoms with Gasteiger partial charge in [-0.25, -0.2) is 0 Å². The molecule has 0 aromatic heterocycles. The van der Waals surface area contributed by atoms with Crippen LogP contribution < -0.4 is 14.8 Å². The van der Waals surface area contributed by atoms with Crippen LogP contribution in [-0.2, 0) is 6.54 Å². The molecule has 2 aromatic carbocycles. The van der Waals surface area contributed by atoms with Crippen molar-refractivity contribution < 1.29 is 18.3 Å². The maximum atomic E-state index is 12.9. The third-order valence-electron chi connectivity index (χ3n) is 2.88. The second-order valence-corrected chi connectivity index (χ2v) is 6.14. The van der Waals surface area contributed by atoms with Gasteiger partial charge < -0.3 is 14.8 Å². The summed E-state index contributed by atoms with van der Waals surface area (Å²) in [6, 6.07) is 10.5. The monoisotopic (exact) mass is 419 g/mol. The molecule has 1 heterocycles. The van der Waals surface area contributed by atoms with Crippen LogP contribution in [0.25, 0.3) is 0 Å². The Morgan fingerprint density at radius 2 is 1.71 bits per heavy atom. The molecule has 7 heteroatoms. The van der Waals surface area contributed by atoms with Gasteiger partial charge in [0.05, 0.1) is 0 Å². The summed E-state index contributed by atoms with van der Waals surface area (Å²) in [5.74, 6) is 0.0684. The lowest BCUT2D eigenvalue weighted by Crippen LogP contribution is -2.25. The van der Waals surface area contributed by atoms with E-state index < -0.39 is 6.29 Å². The Bertz CT molecular complexity index is 695. The van der Waals surface area contributed by atoms with Crippen molar-refractivity contribution in [3.8, 4) is 11.5 Å². The van der Waals surface area contributed by atoms with E-state index in [2.05, 4.69) is 46.7 Å². The highest BCUT2D eigenvalue weighted by Crippen LogP contribution is 2.42. The Kier molecular flexibility index (Phi) is 3.79. The average Bonchev–Trinajstić information content (AvgIpc) is 2.73. The molecular weight excluding hydrogens is 412 g/mol. The molecule has 2 aromatic rings. The predicted octanol–water partition coefficient (Wildman–Crippen LogP) is 5.15. The van der Waals surface area contributed by atoms with Crippen molar-refractivity contribution in [2.45, 2.75) is 12.8 Å². The van der Waals surface area contributed by atoms with E-state index >= 15 is 0 Å². The van der Waals surface area contributed by atoms with Crippen LogP contribution in [0.15, 0.2) is 45.3 Å². The summed E-state index contributed by atoms with van der Waals surface area (Å²) in [5.41, 5.74) is 1.72. The number of nitrogens with one attached hydrogen (secondary N) is 1. The molecule has 1 N–H and O–H groups in total. The summed E-state index contributed by atoms with van der Waals surface area (Å²) in [7, 11) is 0. The lowest BCUT2D eigenvalue weighted by Gasteiger charge is -2.08. The largest absolute Gasteiger partial charge is 0.586 e. The van der Waals surface area contributed by atoms with E-state index in [0.717, 1.165) is 14.5 Å². The SMILES string of the molecule is FC1(F)Oc2ccc(NCc3ccc(Br)c(Br)c3)cc2O1. The van der Waals surface area contributed by atoms with E-state index in [1.54, 1.807) is 6.07 Å². The van der Waals surface area contributed by atoms with Crippen LogP contribution in [-0.4, -0.2) is 6.29 Å². The molecule has 0 saturated carbocycles. The van der Waals surface area contributed by atoms with Crippen LogP contribution in [0.1, 0.15) is 5.56 Å². The molecule has 3 nitrogen and oxygen atoms in total. The number of halogens is 4. The van der Waals surface area contributed by atoms with Crippen LogP contribution >= 0.6 is 31.9 Å². The van der Waals surface area contributed by atoms with Gasteiger partial charge in [-0.3, -0.25) is 0 Å². The Balaban J connectivity index is 1.71. The van der Waals surface area contributed by atoms with Gasteiger partial charge in [-0.1, -0.05) is 6.07 Å². The molecule has 21 heavy (non-hydrogen) atoms. The number of fused-ring (bicyclic) bond motifs is 1. The fraction of sp³-hybridized carbons (Fsp3) is 0.143. The fourth-order valence-corrected chi connectivity index (χ4v) is 2.59. The van der Waals surface area contributed by atoms with Gasteiger partial charge in [0.25, 0.3) is 0 Å². The zero-order valence-electron chi connectivity index (χ0n) is 10.5. The molecule has 0 saturated heterocycles. The van der Waals surface area contributed by atoms with E-state index in [9.17, 15) is 8.78 Å². The van der Waals surface area contributed by atoms with Crippen molar-refractivity contribution in [3.63, 3.8) is 0 Å². The number of ether oxygens (including phenoxy) is 2. The van der Waals surface area contributed by atoms with Crippen LogP contribution in [0.3, 0.4) is 0 Å². The van der Waals surface area contributed by atoms with Crippen molar-refractivity contribution in [3.05, 3.63) is 50.9 Å². The van der Waals surface area contributed by atoms with E-state index in [0.29, 0.717) is 12.2 Å². The van der Waals surface area contributed by atoms with E-state index in [1.165, 1.54) is 12.1 Å². The van der Waals surface area contributed by atoms with Gasteiger partial charge in [-0.05, 0) is 61.7 Å². The highest BCUT2D eigenvalue weighted by Gasteiger charge is 2.43. The van der Waals surface area contributed by atoms with E-state index in [1.807, 2.05) is 18.2 Å². The summed E-state index contributed by atoms with van der Waals surface area (Å²) >= 11 is 6.83. The Morgan fingerprint density at radius 3 is 2.48 bits per heavy atom. The number of anilines is 1. The van der Waals surface area contributed by atoms with Gasteiger partial charge >= 0.3 is 6.29 Å². The molecule has 0 amide bonds. The molecule has 1 aliphatic heterocycles. The molecule has 0 aliphatic carbocycles. The molecule has 0 bridgehead atoms. The second kappa shape index (κ2) is 5.46. The smallest absolute Gasteiger partial charge is 0.395 e. The normalized spacial score (nSPS) is 15.0. The summed E-state index contributed by atoms with van der Waals surface area (Å²) in [6.45, 7) is 0.557. The first-order valence-corrected chi connectivity index (χ1v) is 7.59. The van der Waals surface area contributed by atoms with Crippen molar-refractivity contribution >= 4 is 37.5 Å². The van der Waals surface area contributed by atoms with E-state index in [4.69, 9.17) is 0 Å². The molecule has 0 fully saturated rings. The second-order valence-electron chi connectivity index (χ2n) is 4.43. The van der Waals surface area contributed by atoms with Crippen molar-refractivity contribution in [2.24, 2.45) is 0 Å². The van der Waals surface area contributed by atoms with Crippen LogP contribution in [0, 0.1) is 0 Å². The fourth-order valence-electron chi connectivity index (χ4n) is 1.91. The molecule has 0 spiro atoms. The minimum absolute atomic E-state index is 0.0296. The third-order valence-corrected chi connectivity index (χ3v) is 4.76. The highest BCUT2D eigenvalue weighted by atomic mass is 79.9. The molecule has 3 rings (SSSR count). The molecular formula is C14H9Br2F2NO2. The zero-order valence-corrected chi connectivity index (χ0v) is 13.7. The minimum Gasteiger partial charge on any atom is -0.395 e. The number of hydrogen-bond acceptors (Lipinski definition) is 3. The first kappa shape index (κ1) is 14.6. The maximum absolute atomic E-state index is 12.9. The van der Waals surface area contributed by atoms with Gasteiger partial charge in [0.1, 0.15) is 0 Å². The molecule has 0 unspecified atom stereocenters. The molecule has 1 aliphatic rings. The number of benzene rings is 2. The first-order chi connectivity index (χ1) is 9.93. The summed E-state index contributed by atoms with van der Waals surface area (Å²) in [5, 5.41) is 3.15. The Morgan fingerprint density at radius 1 is 0.952 bits per heavy atom. The lowest BCUT2D eigenvalue weighted by atomic mass is 10.2. The van der Waals surface area contributed by atoms with E-state index in [-0.39, 0.29) is 11.5 Å². The van der Waals surface area contributed by atoms with Crippen molar-refractivity contribution in [2.75, 3.05) is 5.32 Å². The number of rotatable bonds is 3. The zero-order chi connectivity index (χ0) is 15.0. The number of alkyl halides is 2. The van der Waals surface area contributed by atoms with Crippen molar-refractivity contribution in [1.29, 1.82) is 0 Å². The van der Waals surface area contributed by atoms with Crippen LogP contribution in [0.5, 0.6) is 11.5 Å². The standard InChI is InChI=1S/C14H9Br2F2NO2/c15-10-3-1-8(5-11(10)16)7-19-9-2-4-12-13(6-9)21-14(17,18)20-12/h1-6,19H,7H2. The maximum Gasteiger partial charge on any atom is 0.586 e. The summed E-state index contributed by atoms with van der Waals surface area (Å²) in [4.78, 5) is 0. The molecule has 110 valence electrons. The highest BCUT2D eigenvalue weighted by molar-refractivity contribution is 9.13. The third kappa shape index (κ3) is 3.29. The lowest BCUT2D eigenvalue weighted by molar-refractivity contribution is -0.286. The number of hydrogen-bond donors (Lipinski definition) is 1. The topological polar surface area (TPSA) is 30.5 Å². The van der Waals surface area contributed by atoms with Gasteiger partial charge in [-0.2, -0.15) is 0 Å². The minimum atomic E-state index is -3.59. The Hall–Kier alpha value is -1.34. The van der Waals surface area contributed by atoms with Crippen molar-refractivity contribution in [1.82, 2.24) is 0 Å².